The lowest BCUT2D eigenvalue weighted by molar-refractivity contribution is -0.123. The van der Waals surface area contributed by atoms with E-state index in [2.05, 4.69) is 10.5 Å². The highest BCUT2D eigenvalue weighted by molar-refractivity contribution is 6.35. The summed E-state index contributed by atoms with van der Waals surface area (Å²) in [6, 6.07) is 14.3. The summed E-state index contributed by atoms with van der Waals surface area (Å²) in [7, 11) is 0. The number of nitrogens with one attached hydrogen (secondary N) is 1. The summed E-state index contributed by atoms with van der Waals surface area (Å²) >= 11 is 11.8. The van der Waals surface area contributed by atoms with Crippen molar-refractivity contribution in [2.75, 3.05) is 6.61 Å². The maximum absolute atomic E-state index is 11.8. The Morgan fingerprint density at radius 2 is 1.90 bits per heavy atom. The zero-order valence-electron chi connectivity index (χ0n) is 14.8. The minimum Gasteiger partial charge on any atom is -0.482 e. The van der Waals surface area contributed by atoms with E-state index in [-0.39, 0.29) is 12.4 Å². The average Bonchev–Trinajstić information content (AvgIpc) is 3.24. The Labute approximate surface area is 175 Å². The molecule has 1 amide bonds. The fourth-order valence-corrected chi connectivity index (χ4v) is 2.58. The number of hydrazone groups is 1. The van der Waals surface area contributed by atoms with Gasteiger partial charge in [0, 0.05) is 5.02 Å². The topological polar surface area (TPSA) is 90.1 Å². The number of hydrogen-bond acceptors (Lipinski definition) is 6. The number of hydrogen-bond donors (Lipinski definition) is 1. The SMILES string of the molecule is O=C(COc1ccc(Cl)cc1Cl)N/N=C\c1ccc(OC(=O)c2ccco2)cc1. The number of esters is 1. The number of ether oxygens (including phenoxy) is 2. The lowest BCUT2D eigenvalue weighted by Crippen LogP contribution is -2.24. The normalized spacial score (nSPS) is 10.7. The standard InChI is InChI=1S/C20H14Cl2N2O5/c21-14-5-8-17(16(22)10-14)28-12-19(25)24-23-11-13-3-6-15(7-4-13)29-20(26)18-2-1-9-27-18/h1-11H,12H2,(H,24,25)/b23-11-. The van der Waals surface area contributed by atoms with Crippen molar-refractivity contribution in [1.82, 2.24) is 5.43 Å². The maximum atomic E-state index is 11.8. The van der Waals surface area contributed by atoms with Gasteiger partial charge in [-0.3, -0.25) is 4.79 Å². The number of rotatable bonds is 7. The molecule has 0 fully saturated rings. The zero-order valence-corrected chi connectivity index (χ0v) is 16.3. The summed E-state index contributed by atoms with van der Waals surface area (Å²) in [5, 5.41) is 4.62. The van der Waals surface area contributed by atoms with Crippen LogP contribution < -0.4 is 14.9 Å². The first kappa shape index (κ1) is 20.4. The molecule has 0 saturated heterocycles. The van der Waals surface area contributed by atoms with Crippen LogP contribution in [0.4, 0.5) is 0 Å². The third-order valence-corrected chi connectivity index (χ3v) is 4.00. The van der Waals surface area contributed by atoms with Gasteiger partial charge in [-0.2, -0.15) is 5.10 Å². The minimum atomic E-state index is -0.593. The van der Waals surface area contributed by atoms with Crippen LogP contribution in [0.2, 0.25) is 10.0 Å². The molecule has 3 aromatic rings. The average molecular weight is 433 g/mol. The summed E-state index contributed by atoms with van der Waals surface area (Å²) in [4.78, 5) is 23.6. The van der Waals surface area contributed by atoms with Gasteiger partial charge < -0.3 is 13.9 Å². The van der Waals surface area contributed by atoms with Gasteiger partial charge in [-0.05, 0) is 60.2 Å². The molecule has 0 aliphatic heterocycles. The van der Waals surface area contributed by atoms with Gasteiger partial charge in [0.25, 0.3) is 5.91 Å². The first-order valence-corrected chi connectivity index (χ1v) is 9.02. The van der Waals surface area contributed by atoms with Crippen LogP contribution in [0.25, 0.3) is 0 Å². The lowest BCUT2D eigenvalue weighted by Gasteiger charge is -2.07. The first-order valence-electron chi connectivity index (χ1n) is 8.27. The van der Waals surface area contributed by atoms with Gasteiger partial charge in [0.05, 0.1) is 17.5 Å². The first-order chi connectivity index (χ1) is 14.0. The molecule has 7 nitrogen and oxygen atoms in total. The van der Waals surface area contributed by atoms with Gasteiger partial charge in [0.2, 0.25) is 5.76 Å². The number of carbonyl (C=O) groups is 2. The molecule has 0 bridgehead atoms. The molecular formula is C20H14Cl2N2O5. The van der Waals surface area contributed by atoms with E-state index in [0.717, 1.165) is 0 Å². The molecule has 0 atom stereocenters. The minimum absolute atomic E-state index is 0.112. The monoisotopic (exact) mass is 432 g/mol. The van der Waals surface area contributed by atoms with Crippen LogP contribution in [0.15, 0.2) is 70.4 Å². The van der Waals surface area contributed by atoms with E-state index in [9.17, 15) is 9.59 Å². The van der Waals surface area contributed by atoms with Gasteiger partial charge in [-0.15, -0.1) is 0 Å². The fraction of sp³-hybridized carbons (Fsp3) is 0.0500. The van der Waals surface area contributed by atoms with E-state index < -0.39 is 11.9 Å². The van der Waals surface area contributed by atoms with Gasteiger partial charge in [0.1, 0.15) is 11.5 Å². The van der Waals surface area contributed by atoms with E-state index in [1.807, 2.05) is 0 Å². The van der Waals surface area contributed by atoms with Crippen molar-refractivity contribution in [3.05, 3.63) is 82.2 Å². The van der Waals surface area contributed by atoms with E-state index in [4.69, 9.17) is 37.1 Å². The van der Waals surface area contributed by atoms with Crippen molar-refractivity contribution in [2.45, 2.75) is 0 Å². The summed E-state index contributed by atoms with van der Waals surface area (Å²) in [5.74, 6) is -0.253. The van der Waals surface area contributed by atoms with Crippen LogP contribution in [-0.4, -0.2) is 24.7 Å². The number of benzene rings is 2. The molecule has 9 heteroatoms. The van der Waals surface area contributed by atoms with Crippen LogP contribution in [0.1, 0.15) is 16.1 Å². The summed E-state index contributed by atoms with van der Waals surface area (Å²) in [6.07, 6.45) is 2.82. The number of amides is 1. The van der Waals surface area contributed by atoms with Crippen molar-refractivity contribution in [3.63, 3.8) is 0 Å². The molecule has 1 aromatic heterocycles. The highest BCUT2D eigenvalue weighted by Crippen LogP contribution is 2.27. The third kappa shape index (κ3) is 6.10. The van der Waals surface area contributed by atoms with Crippen LogP contribution in [0, 0.1) is 0 Å². The number of halogens is 2. The van der Waals surface area contributed by atoms with Crippen LogP contribution >= 0.6 is 23.2 Å². The number of nitrogens with zero attached hydrogens (tertiary/aromatic N) is 1. The molecule has 0 aliphatic carbocycles. The molecule has 0 radical (unpaired) electrons. The smallest absolute Gasteiger partial charge is 0.379 e. The highest BCUT2D eigenvalue weighted by atomic mass is 35.5. The second-order valence-corrected chi connectivity index (χ2v) is 6.44. The molecule has 1 heterocycles. The van der Waals surface area contributed by atoms with Crippen molar-refractivity contribution in [1.29, 1.82) is 0 Å². The predicted octanol–water partition coefficient (Wildman–Crippen LogP) is 4.33. The third-order valence-electron chi connectivity index (χ3n) is 3.47. The van der Waals surface area contributed by atoms with Crippen LogP contribution in [-0.2, 0) is 4.79 Å². The van der Waals surface area contributed by atoms with Gasteiger partial charge in [0.15, 0.2) is 6.61 Å². The van der Waals surface area contributed by atoms with E-state index in [1.165, 1.54) is 24.6 Å². The molecule has 3 rings (SSSR count). The van der Waals surface area contributed by atoms with Crippen molar-refractivity contribution in [2.24, 2.45) is 5.10 Å². The lowest BCUT2D eigenvalue weighted by atomic mass is 10.2. The molecule has 148 valence electrons. The van der Waals surface area contributed by atoms with Crippen LogP contribution in [0.5, 0.6) is 11.5 Å². The highest BCUT2D eigenvalue weighted by Gasteiger charge is 2.11. The quantitative estimate of drug-likeness (QED) is 0.259. The van der Waals surface area contributed by atoms with Gasteiger partial charge >= 0.3 is 5.97 Å². The van der Waals surface area contributed by atoms with E-state index >= 15 is 0 Å². The second-order valence-electron chi connectivity index (χ2n) is 5.59. The number of furan rings is 1. The molecule has 29 heavy (non-hydrogen) atoms. The van der Waals surface area contributed by atoms with Gasteiger partial charge in [-0.25, -0.2) is 10.2 Å². The van der Waals surface area contributed by atoms with Crippen molar-refractivity contribution in [3.8, 4) is 11.5 Å². The molecular weight excluding hydrogens is 419 g/mol. The van der Waals surface area contributed by atoms with E-state index in [0.29, 0.717) is 27.1 Å². The Hall–Kier alpha value is -3.29. The van der Waals surface area contributed by atoms with Crippen LogP contribution in [0.3, 0.4) is 0 Å². The molecule has 0 saturated carbocycles. The Balaban J connectivity index is 1.46. The molecule has 2 aromatic carbocycles. The molecule has 1 N–H and O–H groups in total. The van der Waals surface area contributed by atoms with Crippen molar-refractivity contribution < 1.29 is 23.5 Å². The number of carbonyl (C=O) groups excluding carboxylic acids is 2. The summed E-state index contributed by atoms with van der Waals surface area (Å²) < 4.78 is 15.4. The Morgan fingerprint density at radius 3 is 2.59 bits per heavy atom. The second kappa shape index (κ2) is 9.77. The maximum Gasteiger partial charge on any atom is 0.379 e. The molecule has 0 unspecified atom stereocenters. The van der Waals surface area contributed by atoms with Crippen molar-refractivity contribution >= 4 is 41.3 Å². The Morgan fingerprint density at radius 1 is 1.10 bits per heavy atom. The molecule has 0 aliphatic rings. The van der Waals surface area contributed by atoms with E-state index in [1.54, 1.807) is 42.5 Å². The fourth-order valence-electron chi connectivity index (χ4n) is 2.12. The molecule has 0 spiro atoms. The summed E-state index contributed by atoms with van der Waals surface area (Å²) in [6.45, 7) is -0.264. The Bertz CT molecular complexity index is 1020. The predicted molar refractivity (Wildman–Crippen MR) is 108 cm³/mol. The summed E-state index contributed by atoms with van der Waals surface area (Å²) in [5.41, 5.74) is 3.02. The Kier molecular flexibility index (Phi) is 6.89. The van der Waals surface area contributed by atoms with Gasteiger partial charge in [-0.1, -0.05) is 23.2 Å². The zero-order chi connectivity index (χ0) is 20.6. The largest absolute Gasteiger partial charge is 0.482 e.